The molecule has 4 nitrogen and oxygen atoms in total. The van der Waals surface area contributed by atoms with Gasteiger partial charge < -0.3 is 5.73 Å². The maximum atomic E-state index is 12.5. The van der Waals surface area contributed by atoms with Crippen LogP contribution in [0.4, 0.5) is 0 Å². The van der Waals surface area contributed by atoms with E-state index < -0.39 is 5.41 Å². The standard InChI is InChI=1S/C15H20N2O2/c1-3-12(16)10-17-13(18)9-15(2,14(17)19)11-7-5-4-6-8-11/h4-8,12H,3,9-10,16H2,1-2H3. The van der Waals surface area contributed by atoms with Crippen molar-refractivity contribution in [3.05, 3.63) is 35.9 Å². The van der Waals surface area contributed by atoms with Crippen LogP contribution in [0, 0.1) is 0 Å². The Bertz CT molecular complexity index is 486. The molecule has 1 heterocycles. The second-order valence-corrected chi connectivity index (χ2v) is 5.35. The molecule has 19 heavy (non-hydrogen) atoms. The number of carbonyl (C=O) groups excluding carboxylic acids is 2. The van der Waals surface area contributed by atoms with Crippen LogP contribution < -0.4 is 5.73 Å². The van der Waals surface area contributed by atoms with Gasteiger partial charge in [-0.25, -0.2) is 0 Å². The molecule has 1 saturated heterocycles. The first kappa shape index (κ1) is 13.7. The summed E-state index contributed by atoms with van der Waals surface area (Å²) < 4.78 is 0. The van der Waals surface area contributed by atoms with Gasteiger partial charge in [0.2, 0.25) is 11.8 Å². The molecule has 2 atom stereocenters. The lowest BCUT2D eigenvalue weighted by atomic mass is 9.81. The molecular formula is C15H20N2O2. The smallest absolute Gasteiger partial charge is 0.240 e. The van der Waals surface area contributed by atoms with E-state index >= 15 is 0 Å². The highest BCUT2D eigenvalue weighted by atomic mass is 16.2. The third-order valence-electron chi connectivity index (χ3n) is 3.88. The van der Waals surface area contributed by atoms with Crippen molar-refractivity contribution in [2.45, 2.75) is 38.1 Å². The number of rotatable bonds is 4. The Kier molecular flexibility index (Phi) is 3.71. The molecular weight excluding hydrogens is 240 g/mol. The summed E-state index contributed by atoms with van der Waals surface area (Å²) in [6.07, 6.45) is 0.978. The number of hydrogen-bond acceptors (Lipinski definition) is 3. The van der Waals surface area contributed by atoms with Gasteiger partial charge in [-0.2, -0.15) is 0 Å². The zero-order valence-corrected chi connectivity index (χ0v) is 11.4. The normalized spacial score (nSPS) is 24.9. The zero-order chi connectivity index (χ0) is 14.0. The molecule has 0 bridgehead atoms. The van der Waals surface area contributed by atoms with E-state index in [4.69, 9.17) is 5.73 Å². The minimum atomic E-state index is -0.744. The van der Waals surface area contributed by atoms with Crippen molar-refractivity contribution in [2.24, 2.45) is 5.73 Å². The fraction of sp³-hybridized carbons (Fsp3) is 0.467. The number of nitrogens with two attached hydrogens (primary N) is 1. The van der Waals surface area contributed by atoms with E-state index in [9.17, 15) is 9.59 Å². The average Bonchev–Trinajstić information content (AvgIpc) is 2.64. The van der Waals surface area contributed by atoms with Gasteiger partial charge in [-0.1, -0.05) is 37.3 Å². The van der Waals surface area contributed by atoms with Crippen molar-refractivity contribution >= 4 is 11.8 Å². The molecule has 0 aromatic heterocycles. The van der Waals surface area contributed by atoms with Crippen molar-refractivity contribution in [1.82, 2.24) is 4.90 Å². The lowest BCUT2D eigenvalue weighted by molar-refractivity contribution is -0.140. The Morgan fingerprint density at radius 2 is 1.95 bits per heavy atom. The quantitative estimate of drug-likeness (QED) is 0.833. The van der Waals surface area contributed by atoms with Gasteiger partial charge in [0.15, 0.2) is 0 Å². The van der Waals surface area contributed by atoms with Crippen molar-refractivity contribution in [3.63, 3.8) is 0 Å². The summed E-state index contributed by atoms with van der Waals surface area (Å²) in [7, 11) is 0. The summed E-state index contributed by atoms with van der Waals surface area (Å²) in [6, 6.07) is 9.32. The summed E-state index contributed by atoms with van der Waals surface area (Å²) in [4.78, 5) is 25.9. The second-order valence-electron chi connectivity index (χ2n) is 5.35. The van der Waals surface area contributed by atoms with Gasteiger partial charge in [0.1, 0.15) is 0 Å². The minimum absolute atomic E-state index is 0.125. The van der Waals surface area contributed by atoms with E-state index in [1.165, 1.54) is 4.90 Å². The highest BCUT2D eigenvalue weighted by Gasteiger charge is 2.49. The van der Waals surface area contributed by atoms with Crippen molar-refractivity contribution < 1.29 is 9.59 Å². The first-order valence-corrected chi connectivity index (χ1v) is 6.65. The predicted octanol–water partition coefficient (Wildman–Crippen LogP) is 1.44. The van der Waals surface area contributed by atoms with Crippen LogP contribution in [0.1, 0.15) is 32.3 Å². The van der Waals surface area contributed by atoms with Crippen LogP contribution in [0.5, 0.6) is 0 Å². The monoisotopic (exact) mass is 260 g/mol. The molecule has 2 N–H and O–H groups in total. The molecule has 1 aromatic rings. The van der Waals surface area contributed by atoms with E-state index in [2.05, 4.69) is 0 Å². The molecule has 1 fully saturated rings. The van der Waals surface area contributed by atoms with Gasteiger partial charge in [-0.15, -0.1) is 0 Å². The lowest BCUT2D eigenvalue weighted by Crippen LogP contribution is -2.43. The third kappa shape index (κ3) is 2.40. The molecule has 1 aromatic carbocycles. The molecule has 2 amide bonds. The topological polar surface area (TPSA) is 63.4 Å². The fourth-order valence-electron chi connectivity index (χ4n) is 2.46. The molecule has 102 valence electrons. The molecule has 2 rings (SSSR count). The molecule has 0 radical (unpaired) electrons. The highest BCUT2D eigenvalue weighted by molar-refractivity contribution is 6.08. The van der Waals surface area contributed by atoms with Crippen molar-refractivity contribution in [3.8, 4) is 0 Å². The van der Waals surface area contributed by atoms with Crippen molar-refractivity contribution in [1.29, 1.82) is 0 Å². The Hall–Kier alpha value is -1.68. The molecule has 0 spiro atoms. The predicted molar refractivity (Wildman–Crippen MR) is 73.4 cm³/mol. The Morgan fingerprint density at radius 1 is 1.32 bits per heavy atom. The largest absolute Gasteiger partial charge is 0.326 e. The minimum Gasteiger partial charge on any atom is -0.326 e. The van der Waals surface area contributed by atoms with E-state index in [-0.39, 0.29) is 24.3 Å². The summed E-state index contributed by atoms with van der Waals surface area (Å²) >= 11 is 0. The van der Waals surface area contributed by atoms with Crippen LogP contribution in [-0.4, -0.2) is 29.3 Å². The number of likely N-dealkylation sites (tertiary alicyclic amines) is 1. The van der Waals surface area contributed by atoms with Gasteiger partial charge in [0, 0.05) is 19.0 Å². The number of amides is 2. The summed E-state index contributed by atoms with van der Waals surface area (Å²) in [5, 5.41) is 0. The van der Waals surface area contributed by atoms with Crippen LogP contribution >= 0.6 is 0 Å². The molecule has 0 aliphatic carbocycles. The van der Waals surface area contributed by atoms with Crippen LogP contribution in [-0.2, 0) is 15.0 Å². The first-order valence-electron chi connectivity index (χ1n) is 6.65. The highest BCUT2D eigenvalue weighted by Crippen LogP contribution is 2.36. The number of hydrogen-bond donors (Lipinski definition) is 1. The maximum absolute atomic E-state index is 12.5. The molecule has 0 saturated carbocycles. The van der Waals surface area contributed by atoms with Gasteiger partial charge in [0.05, 0.1) is 5.41 Å². The summed E-state index contributed by atoms with van der Waals surface area (Å²) in [6.45, 7) is 4.10. The zero-order valence-electron chi connectivity index (χ0n) is 11.4. The number of benzene rings is 1. The number of nitrogens with zero attached hydrogens (tertiary/aromatic N) is 1. The van der Waals surface area contributed by atoms with E-state index in [1.54, 1.807) is 0 Å². The second kappa shape index (κ2) is 5.13. The van der Waals surface area contributed by atoms with E-state index in [1.807, 2.05) is 44.2 Å². The van der Waals surface area contributed by atoms with E-state index in [0.29, 0.717) is 6.54 Å². The third-order valence-corrected chi connectivity index (χ3v) is 3.88. The Labute approximate surface area is 113 Å². The SMILES string of the molecule is CCC(N)CN1C(=O)CC(C)(c2ccccc2)C1=O. The molecule has 4 heteroatoms. The van der Waals surface area contributed by atoms with Crippen LogP contribution in [0.15, 0.2) is 30.3 Å². The lowest BCUT2D eigenvalue weighted by Gasteiger charge is -2.24. The molecule has 2 unspecified atom stereocenters. The van der Waals surface area contributed by atoms with E-state index in [0.717, 1.165) is 12.0 Å². The van der Waals surface area contributed by atoms with Crippen LogP contribution in [0.25, 0.3) is 0 Å². The van der Waals surface area contributed by atoms with Gasteiger partial charge in [0.25, 0.3) is 0 Å². The molecule has 1 aliphatic rings. The van der Waals surface area contributed by atoms with Gasteiger partial charge >= 0.3 is 0 Å². The van der Waals surface area contributed by atoms with Crippen molar-refractivity contribution in [2.75, 3.05) is 6.54 Å². The van der Waals surface area contributed by atoms with Gasteiger partial charge in [-0.05, 0) is 18.9 Å². The van der Waals surface area contributed by atoms with Crippen LogP contribution in [0.2, 0.25) is 0 Å². The van der Waals surface area contributed by atoms with Gasteiger partial charge in [-0.3, -0.25) is 14.5 Å². The maximum Gasteiger partial charge on any atom is 0.240 e. The summed E-state index contributed by atoms with van der Waals surface area (Å²) in [5.41, 5.74) is 6.00. The fourth-order valence-corrected chi connectivity index (χ4v) is 2.46. The van der Waals surface area contributed by atoms with Crippen LogP contribution in [0.3, 0.4) is 0 Å². The molecule has 1 aliphatic heterocycles. The number of carbonyl (C=O) groups is 2. The average molecular weight is 260 g/mol. The first-order chi connectivity index (χ1) is 8.99. The Balaban J connectivity index is 2.27. The Morgan fingerprint density at radius 3 is 2.53 bits per heavy atom. The summed E-state index contributed by atoms with van der Waals surface area (Å²) in [5.74, 6) is -0.257. The number of imide groups is 1.